The van der Waals surface area contributed by atoms with Gasteiger partial charge in [0.2, 0.25) is 0 Å². The Morgan fingerprint density at radius 2 is 1.12 bits per heavy atom. The molecule has 17 heavy (non-hydrogen) atoms. The molecule has 0 aliphatic rings. The average molecular weight is 372 g/mol. The summed E-state index contributed by atoms with van der Waals surface area (Å²) in [5.41, 5.74) is -3.26. The summed E-state index contributed by atoms with van der Waals surface area (Å²) < 4.78 is 93.6. The number of halogens is 7. The highest BCUT2D eigenvalue weighted by atomic mass is 127. The van der Waals surface area contributed by atoms with Crippen LogP contribution in [-0.2, 0) is 18.5 Å². The van der Waals surface area contributed by atoms with Gasteiger partial charge in [-0.25, -0.2) is 6.14 Å². The number of rotatable bonds is 1. The fourth-order valence-electron chi connectivity index (χ4n) is 1.01. The molecule has 0 N–H and O–H groups in total. The summed E-state index contributed by atoms with van der Waals surface area (Å²) in [6.45, 7) is 0. The summed E-state index contributed by atoms with van der Waals surface area (Å²) >= 11 is -4.40. The maximum Gasteiger partial charge on any atom is 0.416 e. The number of hydrogen-bond acceptors (Lipinski definition) is 2. The summed E-state index contributed by atoms with van der Waals surface area (Å²) in [6.07, 6.45) is -10.1. The molecule has 1 aromatic carbocycles. The molecule has 0 bridgehead atoms. The van der Waals surface area contributed by atoms with Crippen molar-refractivity contribution in [1.29, 1.82) is 0 Å². The van der Waals surface area contributed by atoms with E-state index in [-0.39, 0.29) is 18.2 Å². The SMILES string of the molecule is O=I(=O)c1cc(C(F)(F)F)cc(C(F)(F)F)c1. The van der Waals surface area contributed by atoms with E-state index in [9.17, 15) is 32.5 Å². The molecule has 2 nitrogen and oxygen atoms in total. The third-order valence-corrected chi connectivity index (χ3v) is 3.37. The maximum absolute atomic E-state index is 12.2. The summed E-state index contributed by atoms with van der Waals surface area (Å²) in [4.78, 5) is 0. The Morgan fingerprint density at radius 3 is 1.35 bits per heavy atom. The molecule has 0 aliphatic heterocycles. The molecule has 0 radical (unpaired) electrons. The molecule has 0 saturated carbocycles. The second-order valence-corrected chi connectivity index (χ2v) is 5.43. The Hall–Kier alpha value is -0.870. The Balaban J connectivity index is 3.50. The van der Waals surface area contributed by atoms with E-state index >= 15 is 0 Å². The van der Waals surface area contributed by atoms with Crippen molar-refractivity contribution in [2.75, 3.05) is 0 Å². The van der Waals surface area contributed by atoms with Gasteiger partial charge in [-0.3, -0.25) is 0 Å². The summed E-state index contributed by atoms with van der Waals surface area (Å²) in [7, 11) is 0. The van der Waals surface area contributed by atoms with E-state index in [0.717, 1.165) is 0 Å². The Labute approximate surface area is 97.8 Å². The van der Waals surface area contributed by atoms with Crippen molar-refractivity contribution in [1.82, 2.24) is 0 Å². The zero-order valence-corrected chi connectivity index (χ0v) is 9.85. The zero-order valence-electron chi connectivity index (χ0n) is 7.69. The van der Waals surface area contributed by atoms with Crippen molar-refractivity contribution >= 4 is 19.8 Å². The van der Waals surface area contributed by atoms with Gasteiger partial charge in [-0.15, -0.1) is 0 Å². The molecule has 0 unspecified atom stereocenters. The second kappa shape index (κ2) is 4.42. The van der Waals surface area contributed by atoms with Gasteiger partial charge >= 0.3 is 32.1 Å². The van der Waals surface area contributed by atoms with Gasteiger partial charge in [-0.2, -0.15) is 26.3 Å². The average Bonchev–Trinajstić information content (AvgIpc) is 2.14. The first-order valence-corrected chi connectivity index (χ1v) is 6.70. The van der Waals surface area contributed by atoms with Crippen molar-refractivity contribution in [2.24, 2.45) is 0 Å². The molecular weight excluding hydrogens is 369 g/mol. The van der Waals surface area contributed by atoms with Crippen LogP contribution in [0.5, 0.6) is 0 Å². The maximum atomic E-state index is 12.2. The lowest BCUT2D eigenvalue weighted by atomic mass is 10.1. The third-order valence-electron chi connectivity index (χ3n) is 1.73. The zero-order chi connectivity index (χ0) is 13.4. The summed E-state index contributed by atoms with van der Waals surface area (Å²) in [5, 5.41) is 0. The molecule has 0 atom stereocenters. The molecule has 9 heteroatoms. The molecule has 1 aromatic rings. The first-order chi connectivity index (χ1) is 7.51. The minimum atomic E-state index is -5.03. The van der Waals surface area contributed by atoms with E-state index < -0.39 is 46.8 Å². The molecule has 96 valence electrons. The highest BCUT2D eigenvalue weighted by molar-refractivity contribution is 14.2. The van der Waals surface area contributed by atoms with Gasteiger partial charge in [-0.05, 0) is 18.2 Å². The van der Waals surface area contributed by atoms with E-state index in [2.05, 4.69) is 0 Å². The van der Waals surface area contributed by atoms with Gasteiger partial charge in [-0.1, -0.05) is 0 Å². The monoisotopic (exact) mass is 372 g/mol. The van der Waals surface area contributed by atoms with Crippen molar-refractivity contribution in [3.8, 4) is 0 Å². The molecule has 0 aliphatic carbocycles. The minimum Gasteiger partial charge on any atom is -0.230 e. The van der Waals surface area contributed by atoms with Gasteiger partial charge in [0.1, 0.15) is 0 Å². The lowest BCUT2D eigenvalue weighted by molar-refractivity contribution is -0.143. The third kappa shape index (κ3) is 3.54. The minimum absolute atomic E-state index is 0.122. The van der Waals surface area contributed by atoms with Crippen LogP contribution in [0.25, 0.3) is 0 Å². The first-order valence-electron chi connectivity index (χ1n) is 3.86. The van der Waals surface area contributed by atoms with Gasteiger partial charge in [0, 0.05) is 0 Å². The predicted octanol–water partition coefficient (Wildman–Crippen LogP) is 4.09. The number of benzene rings is 1. The smallest absolute Gasteiger partial charge is 0.230 e. The molecule has 0 spiro atoms. The molecule has 0 heterocycles. The van der Waals surface area contributed by atoms with Crippen LogP contribution in [0.1, 0.15) is 11.1 Å². The highest BCUT2D eigenvalue weighted by Gasteiger charge is 2.37. The highest BCUT2D eigenvalue weighted by Crippen LogP contribution is 2.37. The van der Waals surface area contributed by atoms with E-state index in [4.69, 9.17) is 0 Å². The Bertz CT molecular complexity index is 459. The van der Waals surface area contributed by atoms with Crippen molar-refractivity contribution in [3.63, 3.8) is 0 Å². The largest absolute Gasteiger partial charge is 0.416 e. The van der Waals surface area contributed by atoms with Gasteiger partial charge in [0.25, 0.3) is 0 Å². The molecule has 0 amide bonds. The molecule has 1 rings (SSSR count). The molecule has 0 fully saturated rings. The summed E-state index contributed by atoms with van der Waals surface area (Å²) in [5.74, 6) is 0. The molecule has 0 saturated heterocycles. The van der Waals surface area contributed by atoms with E-state index in [1.807, 2.05) is 0 Å². The Morgan fingerprint density at radius 1 is 0.765 bits per heavy atom. The van der Waals surface area contributed by atoms with Crippen LogP contribution in [0.2, 0.25) is 0 Å². The van der Waals surface area contributed by atoms with Crippen molar-refractivity contribution in [2.45, 2.75) is 12.4 Å². The van der Waals surface area contributed by atoms with Crippen LogP contribution in [0.15, 0.2) is 18.2 Å². The van der Waals surface area contributed by atoms with Crippen LogP contribution in [-0.4, -0.2) is 0 Å². The van der Waals surface area contributed by atoms with Crippen LogP contribution < -0.4 is 0 Å². The van der Waals surface area contributed by atoms with Crippen LogP contribution in [0.3, 0.4) is 0 Å². The molecular formula is C8H3F6IO2. The molecule has 0 aromatic heterocycles. The quantitative estimate of drug-likeness (QED) is 0.550. The second-order valence-electron chi connectivity index (χ2n) is 2.94. The van der Waals surface area contributed by atoms with Crippen LogP contribution in [0, 0.1) is 3.57 Å². The first kappa shape index (κ1) is 14.2. The van der Waals surface area contributed by atoms with E-state index in [0.29, 0.717) is 0 Å². The fourth-order valence-corrected chi connectivity index (χ4v) is 2.19. The summed E-state index contributed by atoms with van der Waals surface area (Å²) in [6, 6.07) is 0.267. The van der Waals surface area contributed by atoms with Crippen molar-refractivity contribution < 1.29 is 32.5 Å². The topological polar surface area (TPSA) is 34.1 Å². The predicted molar refractivity (Wildman–Crippen MR) is 50.5 cm³/mol. The Kier molecular flexibility index (Phi) is 3.69. The standard InChI is InChI=1S/C8H3F6IO2/c9-7(10,11)4-1-5(8(12,13)14)3-6(2-4)15(16)17/h1-3H. The fraction of sp³-hybridized carbons (Fsp3) is 0.250. The van der Waals surface area contributed by atoms with Gasteiger partial charge < -0.3 is 0 Å². The van der Waals surface area contributed by atoms with E-state index in [1.54, 1.807) is 0 Å². The van der Waals surface area contributed by atoms with Gasteiger partial charge in [0.05, 0.1) is 14.7 Å². The lowest BCUT2D eigenvalue weighted by Crippen LogP contribution is -2.11. The van der Waals surface area contributed by atoms with Crippen molar-refractivity contribution in [3.05, 3.63) is 32.9 Å². The van der Waals surface area contributed by atoms with Gasteiger partial charge in [0.15, 0.2) is 0 Å². The van der Waals surface area contributed by atoms with Crippen LogP contribution >= 0.6 is 19.8 Å². The van der Waals surface area contributed by atoms with E-state index in [1.165, 1.54) is 0 Å². The number of hydrogen-bond donors (Lipinski definition) is 0. The number of alkyl halides is 6. The van der Waals surface area contributed by atoms with Crippen LogP contribution in [0.4, 0.5) is 26.3 Å². The normalized spacial score (nSPS) is 13.1. The lowest BCUT2D eigenvalue weighted by Gasteiger charge is -2.11.